The van der Waals surface area contributed by atoms with Gasteiger partial charge in [0.15, 0.2) is 5.52 Å². The maximum absolute atomic E-state index is 15.0. The van der Waals surface area contributed by atoms with Crippen LogP contribution < -0.4 is 19.9 Å². The second-order valence-electron chi connectivity index (χ2n) is 8.35. The van der Waals surface area contributed by atoms with E-state index in [1.54, 1.807) is 23.1 Å². The van der Waals surface area contributed by atoms with Crippen molar-refractivity contribution in [2.45, 2.75) is 12.3 Å². The lowest BCUT2D eigenvalue weighted by Gasteiger charge is -2.39. The van der Waals surface area contributed by atoms with Crippen molar-refractivity contribution < 1.29 is 27.0 Å². The summed E-state index contributed by atoms with van der Waals surface area (Å²) >= 11 is 0. The maximum Gasteiger partial charge on any atom is 0.449 e. The molecule has 10 nitrogen and oxygen atoms in total. The van der Waals surface area contributed by atoms with Gasteiger partial charge >= 0.3 is 6.18 Å². The molecule has 14 heteroatoms. The molecule has 194 valence electrons. The van der Waals surface area contributed by atoms with E-state index in [1.165, 1.54) is 25.4 Å². The number of hydrogen-bond acceptors (Lipinski definition) is 9. The average Bonchev–Trinajstić information content (AvgIpc) is 2.87. The smallest absolute Gasteiger partial charge is 0.449 e. The second kappa shape index (κ2) is 9.25. The minimum Gasteiger partial charge on any atom is -0.486 e. The average molecular weight is 527 g/mol. The van der Waals surface area contributed by atoms with E-state index in [0.717, 1.165) is 13.1 Å². The highest BCUT2D eigenvalue weighted by Crippen LogP contribution is 2.33. The van der Waals surface area contributed by atoms with Gasteiger partial charge in [0, 0.05) is 24.9 Å². The molecule has 0 saturated carbocycles. The summed E-state index contributed by atoms with van der Waals surface area (Å²) in [7, 11) is 2.40. The van der Waals surface area contributed by atoms with E-state index in [-0.39, 0.29) is 42.0 Å². The summed E-state index contributed by atoms with van der Waals surface area (Å²) in [4.78, 5) is 30.7. The topological polar surface area (TPSA) is 119 Å². The first kappa shape index (κ1) is 24.9. The minimum absolute atomic E-state index is 0.000153. The number of pyridine rings is 1. The molecule has 0 aliphatic carbocycles. The third-order valence-electron chi connectivity index (χ3n) is 5.87. The molecule has 1 aromatic carbocycles. The Balaban J connectivity index is 1.58. The first-order valence-corrected chi connectivity index (χ1v) is 11.1. The van der Waals surface area contributed by atoms with Crippen LogP contribution in [0, 0.1) is 17.1 Å². The Labute approximate surface area is 211 Å². The van der Waals surface area contributed by atoms with E-state index in [4.69, 9.17) is 14.7 Å². The molecule has 0 radical (unpaired) electrons. The van der Waals surface area contributed by atoms with Crippen LogP contribution in [0.3, 0.4) is 0 Å². The second-order valence-corrected chi connectivity index (χ2v) is 8.35. The van der Waals surface area contributed by atoms with E-state index in [1.807, 2.05) is 0 Å². The highest BCUT2D eigenvalue weighted by Gasteiger charge is 2.38. The summed E-state index contributed by atoms with van der Waals surface area (Å²) in [6, 6.07) is 8.45. The molecule has 0 bridgehead atoms. The number of benzene rings is 1. The van der Waals surface area contributed by atoms with Crippen LogP contribution in [0.15, 0.2) is 41.3 Å². The third-order valence-corrected chi connectivity index (χ3v) is 5.87. The molecule has 0 atom stereocenters. The number of hydrogen-bond donors (Lipinski definition) is 0. The van der Waals surface area contributed by atoms with E-state index in [9.17, 15) is 22.4 Å². The fraction of sp³-hybridized carbons (Fsp3) is 0.250. The summed E-state index contributed by atoms with van der Waals surface area (Å²) in [6.07, 6.45) is -3.74. The summed E-state index contributed by atoms with van der Waals surface area (Å²) in [5.41, 5.74) is -2.53. The number of nitrogens with zero attached hydrogens (tertiary/aromatic N) is 7. The van der Waals surface area contributed by atoms with Crippen molar-refractivity contribution in [2.24, 2.45) is 7.05 Å². The molecule has 0 amide bonds. The summed E-state index contributed by atoms with van der Waals surface area (Å²) in [5.74, 6) is -1.53. The molecule has 0 spiro atoms. The Morgan fingerprint density at radius 3 is 2.53 bits per heavy atom. The largest absolute Gasteiger partial charge is 0.486 e. The van der Waals surface area contributed by atoms with Crippen molar-refractivity contribution in [1.82, 2.24) is 24.5 Å². The van der Waals surface area contributed by atoms with E-state index in [0.29, 0.717) is 16.2 Å². The zero-order valence-corrected chi connectivity index (χ0v) is 19.8. The Morgan fingerprint density at radius 1 is 1.11 bits per heavy atom. The van der Waals surface area contributed by atoms with Gasteiger partial charge in [-0.3, -0.25) is 9.36 Å². The molecule has 1 aliphatic rings. The molecule has 1 fully saturated rings. The van der Waals surface area contributed by atoms with Crippen molar-refractivity contribution in [3.8, 4) is 29.0 Å². The van der Waals surface area contributed by atoms with Gasteiger partial charge in [0.1, 0.15) is 28.9 Å². The molecule has 4 aromatic rings. The Hall–Kier alpha value is -4.80. The predicted molar refractivity (Wildman–Crippen MR) is 125 cm³/mol. The molecule has 3 aromatic heterocycles. The van der Waals surface area contributed by atoms with Crippen LogP contribution in [0.2, 0.25) is 0 Å². The van der Waals surface area contributed by atoms with E-state index >= 15 is 0 Å². The van der Waals surface area contributed by atoms with Gasteiger partial charge in [-0.1, -0.05) is 0 Å². The number of halogens is 4. The van der Waals surface area contributed by atoms with Gasteiger partial charge in [-0.15, -0.1) is 0 Å². The van der Waals surface area contributed by atoms with Crippen LogP contribution in [0.5, 0.6) is 11.6 Å². The number of anilines is 1. The molecule has 0 unspecified atom stereocenters. The number of fused-ring (bicyclic) bond motifs is 1. The summed E-state index contributed by atoms with van der Waals surface area (Å²) in [5, 5.41) is 9.05. The standard InChI is InChI=1S/C24H17F4N7O3/c1-34-21(36)20-19(31-22(34)24(26,27)28)18(15-4-3-12(9-29)7-16(15)25)32-23(33-20)35-10-14(11-35)38-13-5-6-30-17(8-13)37-2/h3-8,14H,10-11H2,1-2H3. The lowest BCUT2D eigenvalue weighted by Crippen LogP contribution is -2.54. The monoisotopic (exact) mass is 527 g/mol. The van der Waals surface area contributed by atoms with E-state index < -0.39 is 34.4 Å². The number of ether oxygens (including phenoxy) is 2. The molecular formula is C24H17F4N7O3. The van der Waals surface area contributed by atoms with Crippen molar-refractivity contribution in [3.05, 3.63) is 64.1 Å². The number of rotatable bonds is 5. The highest BCUT2D eigenvalue weighted by atomic mass is 19.4. The van der Waals surface area contributed by atoms with Gasteiger partial charge in [-0.05, 0) is 24.3 Å². The van der Waals surface area contributed by atoms with Gasteiger partial charge in [0.2, 0.25) is 17.7 Å². The van der Waals surface area contributed by atoms with Crippen molar-refractivity contribution in [3.63, 3.8) is 0 Å². The maximum atomic E-state index is 15.0. The minimum atomic E-state index is -4.96. The molecule has 1 saturated heterocycles. The Morgan fingerprint density at radius 2 is 1.87 bits per heavy atom. The lowest BCUT2D eigenvalue weighted by atomic mass is 10.1. The van der Waals surface area contributed by atoms with Crippen LogP contribution in [0.1, 0.15) is 11.4 Å². The molecule has 5 rings (SSSR count). The summed E-state index contributed by atoms with van der Waals surface area (Å²) < 4.78 is 67.1. The van der Waals surface area contributed by atoms with Crippen molar-refractivity contribution >= 4 is 17.0 Å². The van der Waals surface area contributed by atoms with Gasteiger partial charge in [-0.25, -0.2) is 24.3 Å². The molecule has 4 heterocycles. The normalized spacial score (nSPS) is 13.8. The fourth-order valence-electron chi connectivity index (χ4n) is 3.94. The number of alkyl halides is 3. The van der Waals surface area contributed by atoms with Crippen LogP contribution in [-0.4, -0.2) is 50.8 Å². The third kappa shape index (κ3) is 4.42. The predicted octanol–water partition coefficient (Wildman–Crippen LogP) is 3.09. The van der Waals surface area contributed by atoms with Gasteiger partial charge in [0.25, 0.3) is 5.56 Å². The van der Waals surface area contributed by atoms with Crippen molar-refractivity contribution in [2.75, 3.05) is 25.1 Å². The quantitative estimate of drug-likeness (QED) is 0.361. The zero-order chi connectivity index (χ0) is 27.2. The molecule has 1 aliphatic heterocycles. The van der Waals surface area contributed by atoms with E-state index in [2.05, 4.69) is 19.9 Å². The molecule has 38 heavy (non-hydrogen) atoms. The summed E-state index contributed by atoms with van der Waals surface area (Å²) in [6.45, 7) is 0.555. The molecule has 0 N–H and O–H groups in total. The number of aromatic nitrogens is 5. The highest BCUT2D eigenvalue weighted by molar-refractivity contribution is 5.90. The SMILES string of the molecule is COc1cc(OC2CN(c3nc(-c4ccc(C#N)cc4F)c4nc(C(F)(F)F)n(C)c(=O)c4n3)C2)ccn1. The first-order valence-electron chi connectivity index (χ1n) is 11.1. The first-order chi connectivity index (χ1) is 18.1. The number of nitriles is 1. The van der Waals surface area contributed by atoms with Crippen LogP contribution in [-0.2, 0) is 13.2 Å². The Kier molecular flexibility index (Phi) is 6.06. The molecular weight excluding hydrogens is 510 g/mol. The fourth-order valence-corrected chi connectivity index (χ4v) is 3.94. The Bertz CT molecular complexity index is 1660. The lowest BCUT2D eigenvalue weighted by molar-refractivity contribution is -0.147. The van der Waals surface area contributed by atoms with Crippen molar-refractivity contribution in [1.29, 1.82) is 5.26 Å². The number of methoxy groups -OCH3 is 1. The van der Waals surface area contributed by atoms with Crippen LogP contribution in [0.25, 0.3) is 22.3 Å². The van der Waals surface area contributed by atoms with Crippen LogP contribution >= 0.6 is 0 Å². The zero-order valence-electron chi connectivity index (χ0n) is 19.8. The van der Waals surface area contributed by atoms with Gasteiger partial charge in [0.05, 0.1) is 31.8 Å². The van der Waals surface area contributed by atoms with Gasteiger partial charge < -0.3 is 14.4 Å². The van der Waals surface area contributed by atoms with Gasteiger partial charge in [-0.2, -0.15) is 18.4 Å². The van der Waals surface area contributed by atoms with Crippen LogP contribution in [0.4, 0.5) is 23.5 Å².